The minimum atomic E-state index is -0.729. The highest BCUT2D eigenvalue weighted by atomic mass is 16.5. The molecule has 0 aliphatic rings. The second-order valence-corrected chi connectivity index (χ2v) is 4.16. The molecule has 0 saturated heterocycles. The van der Waals surface area contributed by atoms with Gasteiger partial charge in [-0.15, -0.1) is 0 Å². The molecule has 1 aromatic rings. The predicted octanol–water partition coefficient (Wildman–Crippen LogP) is 0.582. The zero-order chi connectivity index (χ0) is 13.5. The molecule has 0 heterocycles. The number of hydrogen-bond donors (Lipinski definition) is 2. The Hall–Kier alpha value is -1.88. The number of ether oxygens (including phenoxy) is 1. The second-order valence-electron chi connectivity index (χ2n) is 4.16. The third kappa shape index (κ3) is 4.18. The van der Waals surface area contributed by atoms with Gasteiger partial charge in [0, 0.05) is 5.56 Å². The van der Waals surface area contributed by atoms with Crippen LogP contribution in [0.4, 0.5) is 4.79 Å². The molecule has 18 heavy (non-hydrogen) atoms. The fourth-order valence-electron chi connectivity index (χ4n) is 1.65. The van der Waals surface area contributed by atoms with Gasteiger partial charge >= 0.3 is 6.09 Å². The minimum absolute atomic E-state index is 0.143. The molecule has 1 aromatic carbocycles. The predicted molar refractivity (Wildman–Crippen MR) is 66.8 cm³/mol. The van der Waals surface area contributed by atoms with Gasteiger partial charge in [-0.3, -0.25) is 10.1 Å². The number of imide groups is 1. The average molecular weight is 251 g/mol. The number of nitrogens with two attached hydrogens (primary N) is 1. The van der Waals surface area contributed by atoms with Gasteiger partial charge in [0.15, 0.2) is 6.04 Å². The molecule has 0 radical (unpaired) electrons. The second kappa shape index (κ2) is 6.76. The van der Waals surface area contributed by atoms with Gasteiger partial charge in [0.25, 0.3) is 5.91 Å². The van der Waals surface area contributed by atoms with E-state index in [1.165, 1.54) is 7.11 Å². The molecule has 0 unspecified atom stereocenters. The molecule has 5 heteroatoms. The number of nitrogens with one attached hydrogen (secondary N) is 1. The van der Waals surface area contributed by atoms with Crippen molar-refractivity contribution in [3.05, 3.63) is 35.9 Å². The minimum Gasteiger partial charge on any atom is -0.453 e. The lowest BCUT2D eigenvalue weighted by molar-refractivity contribution is -0.710. The van der Waals surface area contributed by atoms with Crippen molar-refractivity contribution in [2.75, 3.05) is 7.11 Å². The summed E-state index contributed by atoms with van der Waals surface area (Å²) < 4.78 is 4.38. The molecular weight excluding hydrogens is 232 g/mol. The summed E-state index contributed by atoms with van der Waals surface area (Å²) in [5, 5.41) is 4.05. The molecule has 0 aliphatic carbocycles. The molecular formula is C13H19N2O3+. The summed E-state index contributed by atoms with van der Waals surface area (Å²) in [6.07, 6.45) is -0.729. The van der Waals surface area contributed by atoms with E-state index < -0.39 is 6.09 Å². The van der Waals surface area contributed by atoms with Crippen LogP contribution in [0.15, 0.2) is 30.3 Å². The summed E-state index contributed by atoms with van der Waals surface area (Å²) in [7, 11) is 1.23. The maximum absolute atomic E-state index is 11.6. The first-order valence-corrected chi connectivity index (χ1v) is 5.83. The van der Waals surface area contributed by atoms with Crippen LogP contribution in [-0.2, 0) is 9.53 Å². The maximum atomic E-state index is 11.6. The lowest BCUT2D eigenvalue weighted by Gasteiger charge is -2.16. The van der Waals surface area contributed by atoms with Crippen molar-refractivity contribution >= 4 is 12.0 Å². The Bertz CT molecular complexity index is 406. The van der Waals surface area contributed by atoms with Crippen LogP contribution in [0.5, 0.6) is 0 Å². The lowest BCUT2D eigenvalue weighted by Crippen LogP contribution is -2.92. The van der Waals surface area contributed by atoms with Crippen LogP contribution < -0.4 is 10.6 Å². The van der Waals surface area contributed by atoms with Crippen LogP contribution in [0.1, 0.15) is 25.5 Å². The summed E-state index contributed by atoms with van der Waals surface area (Å²) in [5.74, 6) is -0.357. The van der Waals surface area contributed by atoms with Gasteiger partial charge in [0.05, 0.1) is 7.11 Å². The van der Waals surface area contributed by atoms with Crippen molar-refractivity contribution in [1.82, 2.24) is 5.32 Å². The summed E-state index contributed by atoms with van der Waals surface area (Å²) in [4.78, 5) is 22.6. The molecule has 0 aromatic heterocycles. The molecule has 0 aliphatic heterocycles. The number of quaternary nitrogens is 1. The largest absolute Gasteiger partial charge is 0.453 e. The number of rotatable bonds is 4. The molecule has 0 spiro atoms. The van der Waals surface area contributed by atoms with Gasteiger partial charge in [0.2, 0.25) is 0 Å². The number of hydrogen-bond acceptors (Lipinski definition) is 3. The maximum Gasteiger partial charge on any atom is 0.413 e. The highest BCUT2D eigenvalue weighted by Gasteiger charge is 2.21. The van der Waals surface area contributed by atoms with E-state index in [4.69, 9.17) is 0 Å². The van der Waals surface area contributed by atoms with Crippen molar-refractivity contribution in [3.8, 4) is 0 Å². The van der Waals surface area contributed by atoms with Crippen LogP contribution in [-0.4, -0.2) is 25.2 Å². The number of amides is 2. The SMILES string of the molecule is COC(=O)NC(=O)[C@H](C)[NH2+][C@@H](C)c1ccccc1. The van der Waals surface area contributed by atoms with Gasteiger partial charge in [-0.05, 0) is 13.8 Å². The molecule has 98 valence electrons. The van der Waals surface area contributed by atoms with Gasteiger partial charge in [-0.2, -0.15) is 0 Å². The smallest absolute Gasteiger partial charge is 0.413 e. The Morgan fingerprint density at radius 3 is 2.39 bits per heavy atom. The van der Waals surface area contributed by atoms with Crippen LogP contribution in [0.2, 0.25) is 0 Å². The van der Waals surface area contributed by atoms with Crippen LogP contribution >= 0.6 is 0 Å². The summed E-state index contributed by atoms with van der Waals surface area (Å²) in [6, 6.07) is 9.66. The van der Waals surface area contributed by atoms with E-state index in [2.05, 4.69) is 10.1 Å². The molecule has 0 bridgehead atoms. The molecule has 0 saturated carbocycles. The Morgan fingerprint density at radius 1 is 1.22 bits per heavy atom. The standard InChI is InChI=1S/C13H18N2O3/c1-9(11-7-5-4-6-8-11)14-10(2)12(16)15-13(17)18-3/h4-10,14H,1-3H3,(H,15,16,17)/p+1/t9-,10-/m0/s1. The van der Waals surface area contributed by atoms with Crippen molar-refractivity contribution < 1.29 is 19.6 Å². The number of carbonyl (C=O) groups excluding carboxylic acids is 2. The highest BCUT2D eigenvalue weighted by molar-refractivity contribution is 5.93. The van der Waals surface area contributed by atoms with Crippen molar-refractivity contribution in [2.24, 2.45) is 0 Å². The summed E-state index contributed by atoms with van der Waals surface area (Å²) in [5.41, 5.74) is 1.13. The molecule has 2 atom stereocenters. The van der Waals surface area contributed by atoms with E-state index in [1.807, 2.05) is 42.6 Å². The summed E-state index contributed by atoms with van der Waals surface area (Å²) >= 11 is 0. The van der Waals surface area contributed by atoms with Gasteiger partial charge in [-0.1, -0.05) is 30.3 Å². The van der Waals surface area contributed by atoms with E-state index in [-0.39, 0.29) is 18.0 Å². The Morgan fingerprint density at radius 2 is 1.83 bits per heavy atom. The number of alkyl carbamates (subject to hydrolysis) is 1. The lowest BCUT2D eigenvalue weighted by atomic mass is 10.1. The zero-order valence-electron chi connectivity index (χ0n) is 10.8. The van der Waals surface area contributed by atoms with E-state index in [0.29, 0.717) is 0 Å². The first-order chi connectivity index (χ1) is 8.54. The van der Waals surface area contributed by atoms with Crippen LogP contribution in [0, 0.1) is 0 Å². The first-order valence-electron chi connectivity index (χ1n) is 5.83. The molecule has 2 amide bonds. The van der Waals surface area contributed by atoms with E-state index in [9.17, 15) is 9.59 Å². The van der Waals surface area contributed by atoms with Crippen LogP contribution in [0.25, 0.3) is 0 Å². The normalized spacial score (nSPS) is 13.5. The third-order valence-electron chi connectivity index (χ3n) is 2.73. The summed E-state index contributed by atoms with van der Waals surface area (Å²) in [6.45, 7) is 3.76. The van der Waals surface area contributed by atoms with Crippen molar-refractivity contribution in [3.63, 3.8) is 0 Å². The van der Waals surface area contributed by atoms with Gasteiger partial charge < -0.3 is 10.1 Å². The fourth-order valence-corrected chi connectivity index (χ4v) is 1.65. The molecule has 3 N–H and O–H groups in total. The quantitative estimate of drug-likeness (QED) is 0.822. The number of benzene rings is 1. The third-order valence-corrected chi connectivity index (χ3v) is 2.73. The van der Waals surface area contributed by atoms with E-state index in [0.717, 1.165) is 5.56 Å². The van der Waals surface area contributed by atoms with Crippen LogP contribution in [0.3, 0.4) is 0 Å². The molecule has 0 fully saturated rings. The first kappa shape index (κ1) is 14.2. The number of carbonyl (C=O) groups is 2. The van der Waals surface area contributed by atoms with Crippen molar-refractivity contribution in [2.45, 2.75) is 25.9 Å². The highest BCUT2D eigenvalue weighted by Crippen LogP contribution is 2.06. The number of methoxy groups -OCH3 is 1. The zero-order valence-corrected chi connectivity index (χ0v) is 10.8. The molecule has 5 nitrogen and oxygen atoms in total. The Balaban J connectivity index is 2.52. The van der Waals surface area contributed by atoms with Gasteiger partial charge in [0.1, 0.15) is 6.04 Å². The van der Waals surface area contributed by atoms with Gasteiger partial charge in [-0.25, -0.2) is 4.79 Å². The van der Waals surface area contributed by atoms with E-state index in [1.54, 1.807) is 6.92 Å². The van der Waals surface area contributed by atoms with Crippen molar-refractivity contribution in [1.29, 1.82) is 0 Å². The molecule has 1 rings (SSSR count). The topological polar surface area (TPSA) is 72.0 Å². The average Bonchev–Trinajstić information content (AvgIpc) is 2.39. The Kier molecular flexibility index (Phi) is 5.32. The monoisotopic (exact) mass is 251 g/mol. The Labute approximate surface area is 107 Å². The fraction of sp³-hybridized carbons (Fsp3) is 0.385. The van der Waals surface area contributed by atoms with E-state index >= 15 is 0 Å².